The number of H-pyrrole nitrogens is 1. The third kappa shape index (κ3) is 3.22. The van der Waals surface area contributed by atoms with Gasteiger partial charge in [0.1, 0.15) is 10.1 Å². The van der Waals surface area contributed by atoms with E-state index in [9.17, 15) is 9.59 Å². The van der Waals surface area contributed by atoms with Crippen molar-refractivity contribution in [3.05, 3.63) is 45.6 Å². The summed E-state index contributed by atoms with van der Waals surface area (Å²) >= 11 is 2.42. The predicted octanol–water partition coefficient (Wildman–Crippen LogP) is 3.78. The van der Waals surface area contributed by atoms with E-state index in [0.29, 0.717) is 15.4 Å². The number of carbonyl (C=O) groups is 1. The predicted molar refractivity (Wildman–Crippen MR) is 98.0 cm³/mol. The largest absolute Gasteiger partial charge is 0.480 e. The summed E-state index contributed by atoms with van der Waals surface area (Å²) < 4.78 is 0. The van der Waals surface area contributed by atoms with Gasteiger partial charge in [-0.3, -0.25) is 9.59 Å². The maximum atomic E-state index is 12.5. The second-order valence-electron chi connectivity index (χ2n) is 5.35. The number of aliphatic carboxylic acids is 1. The third-order valence-corrected chi connectivity index (χ3v) is 5.58. The van der Waals surface area contributed by atoms with Crippen molar-refractivity contribution in [1.29, 1.82) is 0 Å². The molecule has 0 fully saturated rings. The van der Waals surface area contributed by atoms with Gasteiger partial charge in [-0.2, -0.15) is 0 Å². The molecule has 0 saturated heterocycles. The molecule has 2 N–H and O–H groups in total. The van der Waals surface area contributed by atoms with E-state index < -0.39 is 11.2 Å². The van der Waals surface area contributed by atoms with Crippen LogP contribution in [0, 0.1) is 0 Å². The molecule has 2 heterocycles. The van der Waals surface area contributed by atoms with Crippen molar-refractivity contribution < 1.29 is 9.90 Å². The lowest BCUT2D eigenvalue weighted by molar-refractivity contribution is -0.136. The van der Waals surface area contributed by atoms with Gasteiger partial charge < -0.3 is 10.1 Å². The number of carboxylic acids is 1. The van der Waals surface area contributed by atoms with Crippen LogP contribution >= 0.6 is 23.1 Å². The molecule has 0 aliphatic rings. The SMILES string of the molecule is CCc1ccc(-c2csc3nc(SC(C)C(=O)O)[nH]c(=O)c23)cc1. The van der Waals surface area contributed by atoms with Gasteiger partial charge in [0.25, 0.3) is 5.56 Å². The molecule has 24 heavy (non-hydrogen) atoms. The van der Waals surface area contributed by atoms with E-state index in [1.54, 1.807) is 6.92 Å². The first-order valence-corrected chi connectivity index (χ1v) is 9.25. The molecule has 2 aromatic heterocycles. The molecule has 0 aliphatic heterocycles. The quantitative estimate of drug-likeness (QED) is 0.534. The van der Waals surface area contributed by atoms with Crippen molar-refractivity contribution in [2.24, 2.45) is 0 Å². The number of hydrogen-bond donors (Lipinski definition) is 2. The Balaban J connectivity index is 2.03. The summed E-state index contributed by atoms with van der Waals surface area (Å²) in [4.78, 5) is 31.1. The van der Waals surface area contributed by atoms with Crippen LogP contribution in [0.4, 0.5) is 0 Å². The fraction of sp³-hybridized carbons (Fsp3) is 0.235. The maximum absolute atomic E-state index is 12.5. The van der Waals surface area contributed by atoms with Gasteiger partial charge in [-0.15, -0.1) is 11.3 Å². The number of rotatable bonds is 5. The van der Waals surface area contributed by atoms with Crippen LogP contribution in [0.15, 0.2) is 39.6 Å². The Labute approximate surface area is 146 Å². The number of carboxylic acid groups (broad SMARTS) is 1. The lowest BCUT2D eigenvalue weighted by Crippen LogP contribution is -2.14. The smallest absolute Gasteiger partial charge is 0.316 e. The van der Waals surface area contributed by atoms with Crippen LogP contribution in [0.3, 0.4) is 0 Å². The number of nitrogens with one attached hydrogen (secondary N) is 1. The molecule has 0 aliphatic carbocycles. The van der Waals surface area contributed by atoms with Gasteiger partial charge in [-0.05, 0) is 24.5 Å². The number of aryl methyl sites for hydroxylation is 1. The zero-order valence-electron chi connectivity index (χ0n) is 13.2. The van der Waals surface area contributed by atoms with Gasteiger partial charge in [0.15, 0.2) is 5.16 Å². The highest BCUT2D eigenvalue weighted by Crippen LogP contribution is 2.32. The van der Waals surface area contributed by atoms with Crippen molar-refractivity contribution in [2.45, 2.75) is 30.7 Å². The van der Waals surface area contributed by atoms with Crippen molar-refractivity contribution in [1.82, 2.24) is 9.97 Å². The van der Waals surface area contributed by atoms with E-state index >= 15 is 0 Å². The molecule has 1 atom stereocenters. The van der Waals surface area contributed by atoms with E-state index in [0.717, 1.165) is 29.3 Å². The van der Waals surface area contributed by atoms with Crippen LogP contribution < -0.4 is 5.56 Å². The van der Waals surface area contributed by atoms with E-state index in [4.69, 9.17) is 5.11 Å². The highest BCUT2D eigenvalue weighted by molar-refractivity contribution is 8.00. The average Bonchev–Trinajstić information content (AvgIpc) is 2.99. The minimum atomic E-state index is -0.939. The Hall–Kier alpha value is -2.12. The third-order valence-electron chi connectivity index (χ3n) is 3.73. The second kappa shape index (κ2) is 6.78. The first kappa shape index (κ1) is 16.7. The maximum Gasteiger partial charge on any atom is 0.316 e. The Kier molecular flexibility index (Phi) is 4.73. The lowest BCUT2D eigenvalue weighted by atomic mass is 10.0. The Bertz CT molecular complexity index is 945. The van der Waals surface area contributed by atoms with Gasteiger partial charge >= 0.3 is 5.97 Å². The molecule has 0 spiro atoms. The van der Waals surface area contributed by atoms with Gasteiger partial charge in [0.2, 0.25) is 0 Å². The number of nitrogens with zero attached hydrogens (tertiary/aromatic N) is 1. The van der Waals surface area contributed by atoms with Crippen molar-refractivity contribution in [3.63, 3.8) is 0 Å². The number of thioether (sulfide) groups is 1. The minimum absolute atomic E-state index is 0.240. The fourth-order valence-corrected chi connectivity index (χ4v) is 4.07. The van der Waals surface area contributed by atoms with Gasteiger partial charge in [-0.25, -0.2) is 4.98 Å². The summed E-state index contributed by atoms with van der Waals surface area (Å²) in [6.07, 6.45) is 0.967. The van der Waals surface area contributed by atoms with E-state index in [1.165, 1.54) is 16.9 Å². The topological polar surface area (TPSA) is 83.0 Å². The minimum Gasteiger partial charge on any atom is -0.480 e. The molecule has 7 heteroatoms. The molecule has 124 valence electrons. The summed E-state index contributed by atoms with van der Waals surface area (Å²) in [5.74, 6) is -0.939. The normalized spacial score (nSPS) is 12.4. The molecule has 3 rings (SSSR count). The zero-order valence-corrected chi connectivity index (χ0v) is 14.8. The van der Waals surface area contributed by atoms with Crippen LogP contribution in [0.2, 0.25) is 0 Å². The second-order valence-corrected chi connectivity index (χ2v) is 7.54. The van der Waals surface area contributed by atoms with E-state index in [2.05, 4.69) is 29.0 Å². The standard InChI is InChI=1S/C17H16N2O3S2/c1-3-10-4-6-11(7-5-10)12-8-23-15-13(12)14(20)18-17(19-15)24-9(2)16(21)22/h4-9H,3H2,1-2H3,(H,21,22)(H,18,19,20). The molecule has 5 nitrogen and oxygen atoms in total. The van der Waals surface area contributed by atoms with Crippen molar-refractivity contribution in [2.75, 3.05) is 0 Å². The number of hydrogen-bond acceptors (Lipinski definition) is 5. The first-order chi connectivity index (χ1) is 11.5. The fourth-order valence-electron chi connectivity index (χ4n) is 2.34. The molecule has 0 saturated carbocycles. The molecule has 0 radical (unpaired) electrons. The van der Waals surface area contributed by atoms with Crippen molar-refractivity contribution >= 4 is 39.3 Å². The van der Waals surface area contributed by atoms with E-state index in [1.807, 2.05) is 17.5 Å². The molecular formula is C17H16N2O3S2. The van der Waals surface area contributed by atoms with Gasteiger partial charge in [0, 0.05) is 10.9 Å². The Morgan fingerprint density at radius 2 is 2.08 bits per heavy atom. The van der Waals surface area contributed by atoms with Crippen molar-refractivity contribution in [3.8, 4) is 11.1 Å². The van der Waals surface area contributed by atoms with Crippen LogP contribution in [-0.4, -0.2) is 26.3 Å². The van der Waals surface area contributed by atoms with Gasteiger partial charge in [0.05, 0.1) is 5.39 Å². The van der Waals surface area contributed by atoms with Crippen LogP contribution in [0.25, 0.3) is 21.3 Å². The number of fused-ring (bicyclic) bond motifs is 1. The summed E-state index contributed by atoms with van der Waals surface area (Å²) in [6, 6.07) is 8.13. The van der Waals surface area contributed by atoms with Crippen LogP contribution in [-0.2, 0) is 11.2 Å². The highest BCUT2D eigenvalue weighted by atomic mass is 32.2. The summed E-state index contributed by atoms with van der Waals surface area (Å²) in [6.45, 7) is 3.66. The average molecular weight is 360 g/mol. The number of benzene rings is 1. The molecule has 1 unspecified atom stereocenters. The van der Waals surface area contributed by atoms with Crippen LogP contribution in [0.5, 0.6) is 0 Å². The molecule has 0 bridgehead atoms. The van der Waals surface area contributed by atoms with E-state index in [-0.39, 0.29) is 5.56 Å². The van der Waals surface area contributed by atoms with Crippen LogP contribution in [0.1, 0.15) is 19.4 Å². The Morgan fingerprint density at radius 1 is 1.38 bits per heavy atom. The molecule has 1 aromatic carbocycles. The number of aromatic nitrogens is 2. The number of aromatic amines is 1. The number of thiophene rings is 1. The Morgan fingerprint density at radius 3 is 2.71 bits per heavy atom. The summed E-state index contributed by atoms with van der Waals surface area (Å²) in [5.41, 5.74) is 2.84. The highest BCUT2D eigenvalue weighted by Gasteiger charge is 2.17. The molecular weight excluding hydrogens is 344 g/mol. The molecule has 3 aromatic rings. The summed E-state index contributed by atoms with van der Waals surface area (Å²) in [5, 5.41) is 11.1. The first-order valence-electron chi connectivity index (χ1n) is 7.50. The summed E-state index contributed by atoms with van der Waals surface area (Å²) in [7, 11) is 0. The zero-order chi connectivity index (χ0) is 17.3. The van der Waals surface area contributed by atoms with Gasteiger partial charge in [-0.1, -0.05) is 43.0 Å². The molecule has 0 amide bonds. The monoisotopic (exact) mass is 360 g/mol. The lowest BCUT2D eigenvalue weighted by Gasteiger charge is -2.05.